The van der Waals surface area contributed by atoms with E-state index in [9.17, 15) is 0 Å². The summed E-state index contributed by atoms with van der Waals surface area (Å²) in [6, 6.07) is 68.5. The molecule has 0 unspecified atom stereocenters. The summed E-state index contributed by atoms with van der Waals surface area (Å²) in [5.74, 6) is 0. The number of para-hydroxylation sites is 1. The summed E-state index contributed by atoms with van der Waals surface area (Å²) in [5, 5.41) is 9.95. The molecule has 0 atom stereocenters. The molecular weight excluding hydrogens is 719 g/mol. The molecule has 0 saturated carbocycles. The van der Waals surface area contributed by atoms with Crippen LogP contribution in [0.4, 0.5) is 17.1 Å². The third-order valence-corrected chi connectivity index (χ3v) is 13.7. The number of thiophene rings is 2. The van der Waals surface area contributed by atoms with E-state index in [1.54, 1.807) is 0 Å². The zero-order chi connectivity index (χ0) is 36.7. The first kappa shape index (κ1) is 31.6. The number of hydrogen-bond donors (Lipinski definition) is 0. The van der Waals surface area contributed by atoms with Gasteiger partial charge in [0.1, 0.15) is 11.2 Å². The van der Waals surface area contributed by atoms with Crippen LogP contribution in [0.1, 0.15) is 0 Å². The molecule has 3 heterocycles. The standard InChI is InChI=1S/C52H31NOS2/c1-2-12-37-32(10-1)11-7-15-38(37)33-22-26-36(27-23-33)53(45-18-8-16-42-40-14-4-6-21-49(40)55-51(42)45)46-19-9-17-43-41-28-24-35(31-50(41)56-52(43)46)34-25-29-48-44(30-34)39-13-3-5-20-47(39)54-48/h1-31H. The topological polar surface area (TPSA) is 16.4 Å². The number of anilines is 3. The molecule has 2 nitrogen and oxygen atoms in total. The minimum absolute atomic E-state index is 0.918. The van der Waals surface area contributed by atoms with Crippen LogP contribution in [0.15, 0.2) is 192 Å². The molecule has 3 aromatic heterocycles. The van der Waals surface area contributed by atoms with Crippen molar-refractivity contribution in [3.63, 3.8) is 0 Å². The Balaban J connectivity index is 1.04. The van der Waals surface area contributed by atoms with E-state index in [4.69, 9.17) is 4.42 Å². The zero-order valence-electron chi connectivity index (χ0n) is 30.1. The van der Waals surface area contributed by atoms with E-state index in [0.717, 1.165) is 27.6 Å². The molecule has 0 aliphatic heterocycles. The smallest absolute Gasteiger partial charge is 0.135 e. The maximum atomic E-state index is 6.15. The van der Waals surface area contributed by atoms with E-state index >= 15 is 0 Å². The second kappa shape index (κ2) is 12.4. The summed E-state index contributed by atoms with van der Waals surface area (Å²) in [6.07, 6.45) is 0. The van der Waals surface area contributed by atoms with Crippen molar-refractivity contribution >= 4 is 113 Å². The molecule has 0 bridgehead atoms. The van der Waals surface area contributed by atoms with Crippen molar-refractivity contribution < 1.29 is 4.42 Å². The fourth-order valence-electron chi connectivity index (χ4n) is 8.63. The van der Waals surface area contributed by atoms with Gasteiger partial charge in [-0.25, -0.2) is 0 Å². The van der Waals surface area contributed by atoms with E-state index in [1.807, 2.05) is 34.8 Å². The Hall–Kier alpha value is -6.72. The Labute approximate surface area is 330 Å². The Morgan fingerprint density at radius 1 is 0.357 bits per heavy atom. The van der Waals surface area contributed by atoms with Crippen LogP contribution in [-0.4, -0.2) is 0 Å². The van der Waals surface area contributed by atoms with Gasteiger partial charge in [0.05, 0.1) is 20.8 Å². The molecule has 9 aromatic carbocycles. The molecule has 0 radical (unpaired) electrons. The molecule has 0 amide bonds. The van der Waals surface area contributed by atoms with Crippen LogP contribution >= 0.6 is 22.7 Å². The maximum absolute atomic E-state index is 6.15. The SMILES string of the molecule is c1ccc2c(-c3ccc(N(c4cccc5c4sc4ccccc45)c4cccc5c4sc4cc(-c6ccc7oc8ccccc8c7c6)ccc45)cc3)cccc2c1. The highest BCUT2D eigenvalue weighted by Gasteiger charge is 2.22. The Bertz CT molecular complexity index is 3490. The molecule has 0 aliphatic carbocycles. The molecule has 56 heavy (non-hydrogen) atoms. The van der Waals surface area contributed by atoms with Gasteiger partial charge in [0.2, 0.25) is 0 Å². The van der Waals surface area contributed by atoms with Crippen molar-refractivity contribution in [3.8, 4) is 22.3 Å². The van der Waals surface area contributed by atoms with Gasteiger partial charge in [0.15, 0.2) is 0 Å². The third kappa shape index (κ3) is 4.86. The van der Waals surface area contributed by atoms with Crippen molar-refractivity contribution in [2.45, 2.75) is 0 Å². The molecular formula is C52H31NOS2. The van der Waals surface area contributed by atoms with E-state index in [1.165, 1.54) is 84.7 Å². The number of fused-ring (bicyclic) bond motifs is 10. The van der Waals surface area contributed by atoms with Crippen LogP contribution in [0.2, 0.25) is 0 Å². The van der Waals surface area contributed by atoms with Gasteiger partial charge in [-0.15, -0.1) is 22.7 Å². The van der Waals surface area contributed by atoms with Crippen LogP contribution < -0.4 is 4.90 Å². The van der Waals surface area contributed by atoms with Gasteiger partial charge in [0.25, 0.3) is 0 Å². The highest BCUT2D eigenvalue weighted by atomic mass is 32.1. The second-order valence-electron chi connectivity index (χ2n) is 14.4. The van der Waals surface area contributed by atoms with Gasteiger partial charge >= 0.3 is 0 Å². The average molecular weight is 750 g/mol. The Morgan fingerprint density at radius 2 is 0.929 bits per heavy atom. The largest absolute Gasteiger partial charge is 0.456 e. The minimum Gasteiger partial charge on any atom is -0.456 e. The third-order valence-electron chi connectivity index (χ3n) is 11.3. The Kier molecular flexibility index (Phi) is 7.00. The van der Waals surface area contributed by atoms with Gasteiger partial charge in [-0.1, -0.05) is 133 Å². The van der Waals surface area contributed by atoms with E-state index in [0.29, 0.717) is 0 Å². The summed E-state index contributed by atoms with van der Waals surface area (Å²) in [6.45, 7) is 0. The summed E-state index contributed by atoms with van der Waals surface area (Å²) in [5.41, 5.74) is 10.2. The van der Waals surface area contributed by atoms with Crippen LogP contribution in [0.25, 0.3) is 95.3 Å². The monoisotopic (exact) mass is 749 g/mol. The van der Waals surface area contributed by atoms with Crippen molar-refractivity contribution in [3.05, 3.63) is 188 Å². The van der Waals surface area contributed by atoms with Crippen LogP contribution in [-0.2, 0) is 0 Å². The number of hydrogen-bond acceptors (Lipinski definition) is 4. The van der Waals surface area contributed by atoms with Crippen LogP contribution in [0.3, 0.4) is 0 Å². The van der Waals surface area contributed by atoms with E-state index in [2.05, 4.69) is 181 Å². The fraction of sp³-hybridized carbons (Fsp3) is 0. The summed E-state index contributed by atoms with van der Waals surface area (Å²) >= 11 is 3.75. The lowest BCUT2D eigenvalue weighted by molar-refractivity contribution is 0.669. The predicted octanol–water partition coefficient (Wildman–Crippen LogP) is 16.3. The molecule has 4 heteroatoms. The second-order valence-corrected chi connectivity index (χ2v) is 16.5. The number of furan rings is 1. The molecule has 12 rings (SSSR count). The quantitative estimate of drug-likeness (QED) is 0.174. The molecule has 12 aromatic rings. The van der Waals surface area contributed by atoms with Crippen molar-refractivity contribution in [1.29, 1.82) is 0 Å². The van der Waals surface area contributed by atoms with Crippen molar-refractivity contribution in [2.75, 3.05) is 4.90 Å². The number of rotatable bonds is 5. The van der Waals surface area contributed by atoms with Crippen LogP contribution in [0, 0.1) is 0 Å². The minimum atomic E-state index is 0.918. The maximum Gasteiger partial charge on any atom is 0.135 e. The predicted molar refractivity (Wildman–Crippen MR) is 243 cm³/mol. The normalized spacial score (nSPS) is 11.9. The number of benzene rings is 9. The fourth-order valence-corrected chi connectivity index (χ4v) is 11.1. The summed E-state index contributed by atoms with van der Waals surface area (Å²) in [7, 11) is 0. The lowest BCUT2D eigenvalue weighted by Gasteiger charge is -2.27. The molecule has 0 N–H and O–H groups in total. The summed E-state index contributed by atoms with van der Waals surface area (Å²) in [4.78, 5) is 2.49. The zero-order valence-corrected chi connectivity index (χ0v) is 31.7. The first-order valence-corrected chi connectivity index (χ1v) is 20.5. The van der Waals surface area contributed by atoms with Crippen molar-refractivity contribution in [1.82, 2.24) is 0 Å². The van der Waals surface area contributed by atoms with Gasteiger partial charge in [-0.3, -0.25) is 0 Å². The number of nitrogens with zero attached hydrogens (tertiary/aromatic N) is 1. The molecule has 0 aliphatic rings. The van der Waals surface area contributed by atoms with Crippen molar-refractivity contribution in [2.24, 2.45) is 0 Å². The average Bonchev–Trinajstić information content (AvgIpc) is 3.95. The van der Waals surface area contributed by atoms with Crippen LogP contribution in [0.5, 0.6) is 0 Å². The first-order valence-electron chi connectivity index (χ1n) is 18.9. The Morgan fingerprint density at radius 3 is 1.75 bits per heavy atom. The molecule has 0 fully saturated rings. The molecule has 0 spiro atoms. The highest BCUT2D eigenvalue weighted by molar-refractivity contribution is 7.27. The van der Waals surface area contributed by atoms with Gasteiger partial charge in [-0.2, -0.15) is 0 Å². The highest BCUT2D eigenvalue weighted by Crippen LogP contribution is 2.49. The molecule has 262 valence electrons. The lowest BCUT2D eigenvalue weighted by Crippen LogP contribution is -2.10. The van der Waals surface area contributed by atoms with Gasteiger partial charge in [0, 0.05) is 47.4 Å². The van der Waals surface area contributed by atoms with E-state index < -0.39 is 0 Å². The van der Waals surface area contributed by atoms with Gasteiger partial charge in [-0.05, 0) is 87.6 Å². The summed E-state index contributed by atoms with van der Waals surface area (Å²) < 4.78 is 11.3. The lowest BCUT2D eigenvalue weighted by atomic mass is 9.98. The molecule has 0 saturated heterocycles. The van der Waals surface area contributed by atoms with Gasteiger partial charge < -0.3 is 9.32 Å². The van der Waals surface area contributed by atoms with E-state index in [-0.39, 0.29) is 0 Å². The first-order chi connectivity index (χ1) is 27.7.